The first-order valence-electron chi connectivity index (χ1n) is 6.71. The molecule has 0 fully saturated rings. The maximum atomic E-state index is 4.30. The maximum Gasteiger partial charge on any atom is 0.138 e. The van der Waals surface area contributed by atoms with Crippen molar-refractivity contribution in [2.75, 3.05) is 36.2 Å². The predicted octanol–water partition coefficient (Wildman–Crippen LogP) is 3.03. The molecule has 5 nitrogen and oxygen atoms in total. The van der Waals surface area contributed by atoms with Gasteiger partial charge in [0, 0.05) is 37.6 Å². The fraction of sp³-hybridized carbons (Fsp3) is 0.333. The van der Waals surface area contributed by atoms with Crippen LogP contribution in [-0.2, 0) is 0 Å². The van der Waals surface area contributed by atoms with Crippen LogP contribution in [0.5, 0.6) is 0 Å². The van der Waals surface area contributed by atoms with Crippen LogP contribution in [0.2, 0.25) is 0 Å². The molecule has 0 saturated carbocycles. The number of anilines is 4. The van der Waals surface area contributed by atoms with Crippen molar-refractivity contribution >= 4 is 23.0 Å². The molecule has 1 aromatic carbocycles. The van der Waals surface area contributed by atoms with Crippen LogP contribution in [0.1, 0.15) is 12.5 Å². The van der Waals surface area contributed by atoms with E-state index in [0.29, 0.717) is 0 Å². The topological polar surface area (TPSA) is 53.1 Å². The highest BCUT2D eigenvalue weighted by Crippen LogP contribution is 2.23. The van der Waals surface area contributed by atoms with E-state index in [2.05, 4.69) is 44.6 Å². The lowest BCUT2D eigenvalue weighted by molar-refractivity contribution is 1.08. The number of hydrogen-bond donors (Lipinski definition) is 2. The largest absolute Gasteiger partial charge is 0.378 e. The molecule has 0 amide bonds. The van der Waals surface area contributed by atoms with E-state index in [4.69, 9.17) is 0 Å². The first-order chi connectivity index (χ1) is 9.61. The van der Waals surface area contributed by atoms with Crippen LogP contribution in [0.4, 0.5) is 23.0 Å². The second-order valence-electron chi connectivity index (χ2n) is 4.79. The minimum absolute atomic E-state index is 0.827. The molecule has 0 atom stereocenters. The summed E-state index contributed by atoms with van der Waals surface area (Å²) in [4.78, 5) is 10.6. The molecule has 20 heavy (non-hydrogen) atoms. The summed E-state index contributed by atoms with van der Waals surface area (Å²) in [6.45, 7) is 4.90. The standard InChI is InChI=1S/C15H21N5/c1-5-16-14-11(2)15(18-10-17-14)19-12-6-8-13(9-7-12)20(3)4/h6-10H,5H2,1-4H3,(H2,16,17,18,19). The molecule has 0 aliphatic rings. The van der Waals surface area contributed by atoms with Gasteiger partial charge in [-0.3, -0.25) is 0 Å². The monoisotopic (exact) mass is 271 g/mol. The molecule has 2 rings (SSSR count). The lowest BCUT2D eigenvalue weighted by Gasteiger charge is -2.14. The number of benzene rings is 1. The third-order valence-corrected chi connectivity index (χ3v) is 3.07. The third-order valence-electron chi connectivity index (χ3n) is 3.07. The summed E-state index contributed by atoms with van der Waals surface area (Å²) in [6, 6.07) is 8.24. The summed E-state index contributed by atoms with van der Waals surface area (Å²) < 4.78 is 0. The number of nitrogens with one attached hydrogen (secondary N) is 2. The van der Waals surface area contributed by atoms with E-state index < -0.39 is 0 Å². The lowest BCUT2D eigenvalue weighted by atomic mass is 10.2. The third kappa shape index (κ3) is 3.17. The second kappa shape index (κ2) is 6.23. The van der Waals surface area contributed by atoms with Gasteiger partial charge in [0.1, 0.15) is 18.0 Å². The van der Waals surface area contributed by atoms with Gasteiger partial charge in [-0.15, -0.1) is 0 Å². The Labute approximate surface area is 120 Å². The Kier molecular flexibility index (Phi) is 4.40. The van der Waals surface area contributed by atoms with Crippen molar-refractivity contribution < 1.29 is 0 Å². The number of nitrogens with zero attached hydrogens (tertiary/aromatic N) is 3. The smallest absolute Gasteiger partial charge is 0.138 e. The fourth-order valence-electron chi connectivity index (χ4n) is 1.90. The molecule has 5 heteroatoms. The molecular weight excluding hydrogens is 250 g/mol. The van der Waals surface area contributed by atoms with Gasteiger partial charge in [-0.05, 0) is 38.1 Å². The summed E-state index contributed by atoms with van der Waals surface area (Å²) in [6.07, 6.45) is 1.57. The second-order valence-corrected chi connectivity index (χ2v) is 4.79. The van der Waals surface area contributed by atoms with Gasteiger partial charge in [0.2, 0.25) is 0 Å². The Morgan fingerprint density at radius 2 is 1.70 bits per heavy atom. The highest BCUT2D eigenvalue weighted by atomic mass is 15.1. The van der Waals surface area contributed by atoms with Crippen molar-refractivity contribution in [2.45, 2.75) is 13.8 Å². The highest BCUT2D eigenvalue weighted by Gasteiger charge is 2.06. The summed E-state index contributed by atoms with van der Waals surface area (Å²) in [5.74, 6) is 1.70. The number of rotatable bonds is 5. The van der Waals surface area contributed by atoms with Crippen LogP contribution >= 0.6 is 0 Å². The number of hydrogen-bond acceptors (Lipinski definition) is 5. The van der Waals surface area contributed by atoms with Gasteiger partial charge in [0.15, 0.2) is 0 Å². The van der Waals surface area contributed by atoms with Crippen LogP contribution in [0.3, 0.4) is 0 Å². The zero-order chi connectivity index (χ0) is 14.5. The Bertz CT molecular complexity index is 563. The minimum atomic E-state index is 0.827. The van der Waals surface area contributed by atoms with Crippen molar-refractivity contribution in [1.29, 1.82) is 0 Å². The maximum absolute atomic E-state index is 4.30. The van der Waals surface area contributed by atoms with E-state index >= 15 is 0 Å². The molecule has 0 spiro atoms. The Morgan fingerprint density at radius 3 is 2.30 bits per heavy atom. The highest BCUT2D eigenvalue weighted by molar-refractivity contribution is 5.65. The van der Waals surface area contributed by atoms with Crippen molar-refractivity contribution in [3.63, 3.8) is 0 Å². The molecule has 106 valence electrons. The molecular formula is C15H21N5. The van der Waals surface area contributed by atoms with Crippen LogP contribution in [0.15, 0.2) is 30.6 Å². The Hall–Kier alpha value is -2.30. The van der Waals surface area contributed by atoms with E-state index in [-0.39, 0.29) is 0 Å². The summed E-state index contributed by atoms with van der Waals surface area (Å²) in [7, 11) is 4.05. The summed E-state index contributed by atoms with van der Waals surface area (Å²) >= 11 is 0. The first-order valence-corrected chi connectivity index (χ1v) is 6.71. The van der Waals surface area contributed by atoms with Crippen LogP contribution in [-0.4, -0.2) is 30.6 Å². The summed E-state index contributed by atoms with van der Waals surface area (Å²) in [5, 5.41) is 6.56. The van der Waals surface area contributed by atoms with E-state index in [1.165, 1.54) is 5.69 Å². The molecule has 1 aromatic heterocycles. The van der Waals surface area contributed by atoms with Gasteiger partial charge in [0.25, 0.3) is 0 Å². The van der Waals surface area contributed by atoms with Crippen LogP contribution in [0.25, 0.3) is 0 Å². The van der Waals surface area contributed by atoms with Crippen molar-refractivity contribution in [1.82, 2.24) is 9.97 Å². The Morgan fingerprint density at radius 1 is 1.05 bits per heavy atom. The van der Waals surface area contributed by atoms with E-state index in [9.17, 15) is 0 Å². The average Bonchev–Trinajstić information content (AvgIpc) is 2.44. The first kappa shape index (κ1) is 14.1. The molecule has 0 aliphatic heterocycles. The normalized spacial score (nSPS) is 10.2. The number of aromatic nitrogens is 2. The molecule has 2 aromatic rings. The van der Waals surface area contributed by atoms with Crippen molar-refractivity contribution in [2.24, 2.45) is 0 Å². The van der Waals surface area contributed by atoms with E-state index in [1.807, 2.05) is 33.2 Å². The van der Waals surface area contributed by atoms with Gasteiger partial charge < -0.3 is 15.5 Å². The SMILES string of the molecule is CCNc1ncnc(Nc2ccc(N(C)C)cc2)c1C. The van der Waals surface area contributed by atoms with Gasteiger partial charge in [-0.25, -0.2) is 9.97 Å². The van der Waals surface area contributed by atoms with E-state index in [0.717, 1.165) is 29.4 Å². The molecule has 0 radical (unpaired) electrons. The van der Waals surface area contributed by atoms with Crippen LogP contribution in [0, 0.1) is 6.92 Å². The quantitative estimate of drug-likeness (QED) is 0.875. The van der Waals surface area contributed by atoms with Gasteiger partial charge in [-0.1, -0.05) is 0 Å². The molecule has 1 heterocycles. The van der Waals surface area contributed by atoms with E-state index in [1.54, 1.807) is 6.33 Å². The molecule has 2 N–H and O–H groups in total. The Balaban J connectivity index is 2.19. The van der Waals surface area contributed by atoms with Crippen molar-refractivity contribution in [3.8, 4) is 0 Å². The minimum Gasteiger partial charge on any atom is -0.378 e. The van der Waals surface area contributed by atoms with Crippen molar-refractivity contribution in [3.05, 3.63) is 36.2 Å². The molecule has 0 unspecified atom stereocenters. The fourth-order valence-corrected chi connectivity index (χ4v) is 1.90. The van der Waals surface area contributed by atoms with Crippen LogP contribution < -0.4 is 15.5 Å². The van der Waals surface area contributed by atoms with Gasteiger partial charge >= 0.3 is 0 Å². The molecule has 0 saturated heterocycles. The average molecular weight is 271 g/mol. The summed E-state index contributed by atoms with van der Waals surface area (Å²) in [5.41, 5.74) is 3.20. The van der Waals surface area contributed by atoms with Gasteiger partial charge in [0.05, 0.1) is 0 Å². The zero-order valence-corrected chi connectivity index (χ0v) is 12.4. The molecule has 0 aliphatic carbocycles. The molecule has 0 bridgehead atoms. The van der Waals surface area contributed by atoms with Gasteiger partial charge in [-0.2, -0.15) is 0 Å². The zero-order valence-electron chi connectivity index (χ0n) is 12.4. The lowest BCUT2D eigenvalue weighted by Crippen LogP contribution is -2.08. The predicted molar refractivity (Wildman–Crippen MR) is 85.0 cm³/mol.